The van der Waals surface area contributed by atoms with E-state index in [9.17, 15) is 4.79 Å². The van der Waals surface area contributed by atoms with E-state index in [1.54, 1.807) is 7.11 Å². The summed E-state index contributed by atoms with van der Waals surface area (Å²) < 4.78 is 6.28. The fourth-order valence-electron chi connectivity index (χ4n) is 1.97. The lowest BCUT2D eigenvalue weighted by atomic mass is 10.1. The van der Waals surface area contributed by atoms with Gasteiger partial charge in [0.25, 0.3) is 0 Å². The van der Waals surface area contributed by atoms with Crippen LogP contribution in [0.1, 0.15) is 11.1 Å². The van der Waals surface area contributed by atoms with Crippen molar-refractivity contribution in [2.75, 3.05) is 12.4 Å². The summed E-state index contributed by atoms with van der Waals surface area (Å²) in [6.45, 7) is 0.639. The number of hydrogen-bond donors (Lipinski definition) is 2. The van der Waals surface area contributed by atoms with Gasteiger partial charge >= 0.3 is 5.97 Å². The highest BCUT2D eigenvalue weighted by atomic mass is 79.9. The summed E-state index contributed by atoms with van der Waals surface area (Å²) in [5, 5.41) is 12.1. The second kappa shape index (κ2) is 7.13. The highest BCUT2D eigenvalue weighted by Gasteiger charge is 2.04. The van der Waals surface area contributed by atoms with Gasteiger partial charge in [-0.2, -0.15) is 0 Å². The van der Waals surface area contributed by atoms with E-state index in [-0.39, 0.29) is 6.42 Å². The van der Waals surface area contributed by atoms with Crippen molar-refractivity contribution in [3.8, 4) is 5.75 Å². The van der Waals surface area contributed by atoms with Gasteiger partial charge < -0.3 is 15.2 Å². The van der Waals surface area contributed by atoms with Gasteiger partial charge in [0, 0.05) is 11.0 Å². The Balaban J connectivity index is 2.03. The monoisotopic (exact) mass is 349 g/mol. The van der Waals surface area contributed by atoms with Crippen LogP contribution < -0.4 is 10.1 Å². The predicted octanol–water partition coefficient (Wildman–Crippen LogP) is 3.70. The van der Waals surface area contributed by atoms with Crippen LogP contribution in [0, 0.1) is 0 Å². The van der Waals surface area contributed by atoms with E-state index in [0.29, 0.717) is 6.54 Å². The van der Waals surface area contributed by atoms with Crippen LogP contribution in [0.3, 0.4) is 0 Å². The average Bonchev–Trinajstić information content (AvgIpc) is 2.46. The molecule has 0 saturated carbocycles. The molecule has 2 rings (SSSR count). The molecule has 0 fully saturated rings. The summed E-state index contributed by atoms with van der Waals surface area (Å²) in [6.07, 6.45) is 0.0488. The fourth-order valence-corrected chi connectivity index (χ4v) is 2.33. The zero-order valence-electron chi connectivity index (χ0n) is 11.6. The molecule has 0 saturated heterocycles. The number of benzene rings is 2. The molecule has 0 aromatic heterocycles. The Morgan fingerprint density at radius 1 is 1.19 bits per heavy atom. The van der Waals surface area contributed by atoms with Crippen molar-refractivity contribution in [2.45, 2.75) is 13.0 Å². The van der Waals surface area contributed by atoms with E-state index in [1.807, 2.05) is 42.5 Å². The molecule has 0 spiro atoms. The molecule has 110 valence electrons. The Labute approximate surface area is 131 Å². The van der Waals surface area contributed by atoms with Crippen molar-refractivity contribution >= 4 is 27.6 Å². The largest absolute Gasteiger partial charge is 0.495 e. The zero-order chi connectivity index (χ0) is 15.2. The van der Waals surface area contributed by atoms with Crippen molar-refractivity contribution in [3.05, 3.63) is 58.1 Å². The van der Waals surface area contributed by atoms with Crippen molar-refractivity contribution in [2.24, 2.45) is 0 Å². The minimum Gasteiger partial charge on any atom is -0.495 e. The first kappa shape index (κ1) is 15.4. The van der Waals surface area contributed by atoms with Crippen molar-refractivity contribution in [3.63, 3.8) is 0 Å². The molecule has 4 nitrogen and oxygen atoms in total. The van der Waals surface area contributed by atoms with Gasteiger partial charge in [-0.3, -0.25) is 4.79 Å². The van der Waals surface area contributed by atoms with Gasteiger partial charge in [0.05, 0.1) is 19.2 Å². The molecule has 21 heavy (non-hydrogen) atoms. The van der Waals surface area contributed by atoms with E-state index >= 15 is 0 Å². The Hall–Kier alpha value is -2.01. The summed E-state index contributed by atoms with van der Waals surface area (Å²) in [7, 11) is 1.63. The number of rotatable bonds is 6. The van der Waals surface area contributed by atoms with Gasteiger partial charge in [-0.1, -0.05) is 40.2 Å². The number of carboxylic acid groups (broad SMARTS) is 1. The van der Waals surface area contributed by atoms with Gasteiger partial charge in [-0.05, 0) is 29.3 Å². The topological polar surface area (TPSA) is 58.6 Å². The molecule has 0 aliphatic rings. The molecule has 0 bridgehead atoms. The van der Waals surface area contributed by atoms with Crippen LogP contribution >= 0.6 is 15.9 Å². The van der Waals surface area contributed by atoms with E-state index < -0.39 is 5.97 Å². The third-order valence-corrected chi connectivity index (χ3v) is 3.52. The maximum atomic E-state index is 10.6. The molecule has 0 heterocycles. The quantitative estimate of drug-likeness (QED) is 0.834. The van der Waals surface area contributed by atoms with Gasteiger partial charge in [-0.15, -0.1) is 0 Å². The molecule has 0 radical (unpaired) electrons. The van der Waals surface area contributed by atoms with Gasteiger partial charge in [0.2, 0.25) is 0 Å². The van der Waals surface area contributed by atoms with Crippen LogP contribution in [0.15, 0.2) is 46.9 Å². The molecule has 0 aliphatic heterocycles. The summed E-state index contributed by atoms with van der Waals surface area (Å²) in [4.78, 5) is 10.6. The Bertz CT molecular complexity index is 626. The van der Waals surface area contributed by atoms with E-state index in [1.165, 1.54) is 0 Å². The molecular formula is C16H16BrNO3. The highest BCUT2D eigenvalue weighted by molar-refractivity contribution is 9.10. The van der Waals surface area contributed by atoms with Gasteiger partial charge in [0.15, 0.2) is 0 Å². The Morgan fingerprint density at radius 2 is 1.86 bits per heavy atom. The number of methoxy groups -OCH3 is 1. The second-order valence-corrected chi connectivity index (χ2v) is 5.50. The first-order chi connectivity index (χ1) is 10.1. The minimum absolute atomic E-state index is 0.0488. The molecule has 0 unspecified atom stereocenters. The maximum absolute atomic E-state index is 10.6. The molecule has 2 N–H and O–H groups in total. The number of aliphatic carboxylic acids is 1. The summed E-state index contributed by atoms with van der Waals surface area (Å²) in [5.74, 6) is -0.0413. The smallest absolute Gasteiger partial charge is 0.307 e. The predicted molar refractivity (Wildman–Crippen MR) is 85.8 cm³/mol. The third kappa shape index (κ3) is 4.49. The van der Waals surface area contributed by atoms with Crippen LogP contribution in [-0.2, 0) is 17.8 Å². The average molecular weight is 350 g/mol. The fraction of sp³-hybridized carbons (Fsp3) is 0.188. The molecule has 0 amide bonds. The third-order valence-electron chi connectivity index (χ3n) is 3.02. The number of anilines is 1. The number of nitrogens with one attached hydrogen (secondary N) is 1. The number of halogens is 1. The van der Waals surface area contributed by atoms with Crippen LogP contribution in [0.25, 0.3) is 0 Å². The van der Waals surface area contributed by atoms with Crippen LogP contribution in [-0.4, -0.2) is 18.2 Å². The summed E-state index contributed by atoms with van der Waals surface area (Å²) in [6, 6.07) is 13.3. The molecule has 5 heteroatoms. The Kier molecular flexibility index (Phi) is 5.22. The maximum Gasteiger partial charge on any atom is 0.307 e. The van der Waals surface area contributed by atoms with Crippen molar-refractivity contribution in [1.29, 1.82) is 0 Å². The second-order valence-electron chi connectivity index (χ2n) is 4.59. The lowest BCUT2D eigenvalue weighted by molar-refractivity contribution is -0.136. The van der Waals surface area contributed by atoms with E-state index in [0.717, 1.165) is 27.0 Å². The highest BCUT2D eigenvalue weighted by Crippen LogP contribution is 2.28. The minimum atomic E-state index is -0.820. The van der Waals surface area contributed by atoms with Crippen LogP contribution in [0.5, 0.6) is 5.75 Å². The van der Waals surface area contributed by atoms with E-state index in [4.69, 9.17) is 9.84 Å². The van der Waals surface area contributed by atoms with Crippen molar-refractivity contribution in [1.82, 2.24) is 0 Å². The van der Waals surface area contributed by atoms with Crippen LogP contribution in [0.2, 0.25) is 0 Å². The Morgan fingerprint density at radius 3 is 2.48 bits per heavy atom. The summed E-state index contributed by atoms with van der Waals surface area (Å²) >= 11 is 3.43. The normalized spacial score (nSPS) is 10.2. The lowest BCUT2D eigenvalue weighted by Crippen LogP contribution is -2.03. The van der Waals surface area contributed by atoms with E-state index in [2.05, 4.69) is 21.2 Å². The number of carboxylic acids is 1. The molecular weight excluding hydrogens is 334 g/mol. The van der Waals surface area contributed by atoms with Crippen LogP contribution in [0.4, 0.5) is 5.69 Å². The first-order valence-electron chi connectivity index (χ1n) is 6.45. The zero-order valence-corrected chi connectivity index (χ0v) is 13.2. The molecule has 0 atom stereocenters. The standard InChI is InChI=1S/C16H16BrNO3/c1-21-15-7-6-13(17)9-14(15)18-10-12-4-2-11(3-5-12)8-16(19)20/h2-7,9,18H,8,10H2,1H3,(H,19,20). The SMILES string of the molecule is COc1ccc(Br)cc1NCc1ccc(CC(=O)O)cc1. The number of ether oxygens (including phenoxy) is 1. The molecule has 2 aromatic rings. The number of hydrogen-bond acceptors (Lipinski definition) is 3. The number of carbonyl (C=O) groups is 1. The molecule has 2 aromatic carbocycles. The van der Waals surface area contributed by atoms with Gasteiger partial charge in [0.1, 0.15) is 5.75 Å². The lowest BCUT2D eigenvalue weighted by Gasteiger charge is -2.12. The molecule has 0 aliphatic carbocycles. The van der Waals surface area contributed by atoms with Crippen molar-refractivity contribution < 1.29 is 14.6 Å². The summed E-state index contributed by atoms with van der Waals surface area (Å²) in [5.41, 5.74) is 2.78. The first-order valence-corrected chi connectivity index (χ1v) is 7.25. The van der Waals surface area contributed by atoms with Gasteiger partial charge in [-0.25, -0.2) is 0 Å².